The Morgan fingerprint density at radius 2 is 2.06 bits per heavy atom. The van der Waals surface area contributed by atoms with Crippen molar-refractivity contribution in [3.05, 3.63) is 76.6 Å². The second-order valence-corrected chi connectivity index (χ2v) is 9.06. The minimum atomic E-state index is -0.0441. The molecule has 1 aromatic carbocycles. The summed E-state index contributed by atoms with van der Waals surface area (Å²) in [6, 6.07) is 16.6. The molecule has 0 aliphatic carbocycles. The van der Waals surface area contributed by atoms with Gasteiger partial charge in [0.2, 0.25) is 0 Å². The van der Waals surface area contributed by atoms with Crippen LogP contribution in [0.3, 0.4) is 0 Å². The van der Waals surface area contributed by atoms with Gasteiger partial charge in [-0.2, -0.15) is 0 Å². The zero-order valence-corrected chi connectivity index (χ0v) is 18.5. The molecule has 4 heterocycles. The van der Waals surface area contributed by atoms with E-state index >= 15 is 0 Å². The predicted octanol–water partition coefficient (Wildman–Crippen LogP) is 5.02. The number of morpholine rings is 1. The van der Waals surface area contributed by atoms with Crippen molar-refractivity contribution in [3.63, 3.8) is 0 Å². The molecule has 0 spiro atoms. The first-order chi connectivity index (χ1) is 15.1. The van der Waals surface area contributed by atoms with Gasteiger partial charge in [0.15, 0.2) is 5.13 Å². The van der Waals surface area contributed by atoms with Gasteiger partial charge in [0, 0.05) is 36.1 Å². The fraction of sp³-hybridized carbons (Fsp3) is 0.292. The molecule has 0 saturated carbocycles. The molecule has 0 amide bonds. The van der Waals surface area contributed by atoms with E-state index in [1.807, 2.05) is 37.4 Å². The molecule has 0 radical (unpaired) electrons. The summed E-state index contributed by atoms with van der Waals surface area (Å²) in [6.45, 7) is 7.43. The standard InChI is InChI=1S/C24H25N5OS/c1-16-17(2)31-24(26-16)28-23-7-3-6-21(27-23)22-15-29(11-12-30-22)14-18-8-9-20-19(13-18)5-4-10-25-20/h3-10,13,22H,11-12,14-15H2,1-2H3,(H,26,27,28). The van der Waals surface area contributed by atoms with Crippen molar-refractivity contribution in [2.45, 2.75) is 26.5 Å². The Morgan fingerprint density at radius 1 is 1.13 bits per heavy atom. The van der Waals surface area contributed by atoms with E-state index in [1.54, 1.807) is 11.3 Å². The van der Waals surface area contributed by atoms with Gasteiger partial charge in [-0.15, -0.1) is 11.3 Å². The molecule has 1 unspecified atom stereocenters. The highest BCUT2D eigenvalue weighted by Gasteiger charge is 2.23. The van der Waals surface area contributed by atoms with Gasteiger partial charge < -0.3 is 10.1 Å². The Labute approximate surface area is 185 Å². The molecular weight excluding hydrogens is 406 g/mol. The highest BCUT2D eigenvalue weighted by Crippen LogP contribution is 2.27. The molecule has 31 heavy (non-hydrogen) atoms. The fourth-order valence-electron chi connectivity index (χ4n) is 3.84. The molecule has 158 valence electrons. The number of benzene rings is 1. The Morgan fingerprint density at radius 3 is 2.94 bits per heavy atom. The molecule has 5 rings (SSSR count). The number of thiazole rings is 1. The van der Waals surface area contributed by atoms with Gasteiger partial charge in [0.25, 0.3) is 0 Å². The maximum absolute atomic E-state index is 6.08. The summed E-state index contributed by atoms with van der Waals surface area (Å²) in [7, 11) is 0. The van der Waals surface area contributed by atoms with Crippen molar-refractivity contribution in [2.75, 3.05) is 25.0 Å². The Hall–Kier alpha value is -2.87. The number of nitrogens with one attached hydrogen (secondary N) is 1. The van der Waals surface area contributed by atoms with Gasteiger partial charge in [-0.25, -0.2) is 9.97 Å². The number of aromatic nitrogens is 3. The maximum Gasteiger partial charge on any atom is 0.188 e. The minimum Gasteiger partial charge on any atom is -0.369 e. The summed E-state index contributed by atoms with van der Waals surface area (Å²) < 4.78 is 6.08. The largest absolute Gasteiger partial charge is 0.369 e. The van der Waals surface area contributed by atoms with Crippen molar-refractivity contribution in [1.29, 1.82) is 0 Å². The van der Waals surface area contributed by atoms with Crippen LogP contribution in [0.4, 0.5) is 10.9 Å². The van der Waals surface area contributed by atoms with E-state index in [0.29, 0.717) is 6.61 Å². The van der Waals surface area contributed by atoms with Gasteiger partial charge >= 0.3 is 0 Å². The summed E-state index contributed by atoms with van der Waals surface area (Å²) in [6.07, 6.45) is 1.79. The number of anilines is 2. The van der Waals surface area contributed by atoms with E-state index in [0.717, 1.165) is 47.5 Å². The molecule has 1 atom stereocenters. The lowest BCUT2D eigenvalue weighted by atomic mass is 10.1. The van der Waals surface area contributed by atoms with Crippen LogP contribution < -0.4 is 5.32 Å². The van der Waals surface area contributed by atoms with Crippen LogP contribution in [0.15, 0.2) is 54.7 Å². The Kier molecular flexibility index (Phi) is 5.63. The monoisotopic (exact) mass is 431 g/mol. The summed E-state index contributed by atoms with van der Waals surface area (Å²) in [5, 5.41) is 5.38. The van der Waals surface area contributed by atoms with Crippen LogP contribution in [-0.4, -0.2) is 39.5 Å². The van der Waals surface area contributed by atoms with Crippen LogP contribution in [0.5, 0.6) is 0 Å². The van der Waals surface area contributed by atoms with Crippen LogP contribution in [0, 0.1) is 13.8 Å². The predicted molar refractivity (Wildman–Crippen MR) is 125 cm³/mol. The molecule has 0 bridgehead atoms. The number of rotatable bonds is 5. The van der Waals surface area contributed by atoms with Crippen LogP contribution >= 0.6 is 11.3 Å². The Balaban J connectivity index is 1.28. The van der Waals surface area contributed by atoms with E-state index in [-0.39, 0.29) is 6.10 Å². The van der Waals surface area contributed by atoms with Crippen molar-refractivity contribution in [2.24, 2.45) is 0 Å². The molecule has 4 aromatic rings. The van der Waals surface area contributed by atoms with Gasteiger partial charge in [-0.1, -0.05) is 18.2 Å². The first-order valence-electron chi connectivity index (χ1n) is 10.5. The lowest BCUT2D eigenvalue weighted by molar-refractivity contribution is -0.0349. The van der Waals surface area contributed by atoms with Gasteiger partial charge in [-0.3, -0.25) is 9.88 Å². The Bertz CT molecular complexity index is 1190. The van der Waals surface area contributed by atoms with E-state index in [2.05, 4.69) is 51.4 Å². The molecule has 1 fully saturated rings. The zero-order valence-electron chi connectivity index (χ0n) is 17.7. The zero-order chi connectivity index (χ0) is 21.2. The number of pyridine rings is 2. The van der Waals surface area contributed by atoms with Gasteiger partial charge in [0.1, 0.15) is 11.9 Å². The number of hydrogen-bond acceptors (Lipinski definition) is 7. The normalized spacial score (nSPS) is 17.2. The summed E-state index contributed by atoms with van der Waals surface area (Å²) in [4.78, 5) is 17.4. The number of nitrogens with zero attached hydrogens (tertiary/aromatic N) is 4. The average Bonchev–Trinajstić information content (AvgIpc) is 3.10. The fourth-order valence-corrected chi connectivity index (χ4v) is 4.66. The summed E-state index contributed by atoms with van der Waals surface area (Å²) in [5.41, 5.74) is 4.33. The van der Waals surface area contributed by atoms with E-state index < -0.39 is 0 Å². The number of ether oxygens (including phenoxy) is 1. The summed E-state index contributed by atoms with van der Waals surface area (Å²) >= 11 is 1.65. The topological polar surface area (TPSA) is 63.2 Å². The first-order valence-corrected chi connectivity index (χ1v) is 11.3. The molecule has 3 aromatic heterocycles. The molecule has 1 saturated heterocycles. The first kappa shape index (κ1) is 20.1. The van der Waals surface area contributed by atoms with Crippen LogP contribution in [0.25, 0.3) is 10.9 Å². The van der Waals surface area contributed by atoms with Gasteiger partial charge in [-0.05, 0) is 49.7 Å². The van der Waals surface area contributed by atoms with Crippen molar-refractivity contribution >= 4 is 33.2 Å². The quantitative estimate of drug-likeness (QED) is 0.479. The van der Waals surface area contributed by atoms with Crippen molar-refractivity contribution in [1.82, 2.24) is 19.9 Å². The van der Waals surface area contributed by atoms with Crippen LogP contribution in [0.1, 0.15) is 27.9 Å². The lowest BCUT2D eigenvalue weighted by Crippen LogP contribution is -2.38. The second-order valence-electron chi connectivity index (χ2n) is 7.86. The summed E-state index contributed by atoms with van der Waals surface area (Å²) in [5.74, 6) is 0.800. The van der Waals surface area contributed by atoms with E-state index in [4.69, 9.17) is 9.72 Å². The van der Waals surface area contributed by atoms with Gasteiger partial charge in [0.05, 0.1) is 23.5 Å². The molecule has 6 nitrogen and oxygen atoms in total. The van der Waals surface area contributed by atoms with Crippen molar-refractivity contribution in [3.8, 4) is 0 Å². The third-order valence-corrected chi connectivity index (χ3v) is 6.58. The minimum absolute atomic E-state index is 0.0441. The van der Waals surface area contributed by atoms with Crippen molar-refractivity contribution < 1.29 is 4.74 Å². The molecule has 1 N–H and O–H groups in total. The number of fused-ring (bicyclic) bond motifs is 1. The molecular formula is C24H25N5OS. The highest BCUT2D eigenvalue weighted by atomic mass is 32.1. The molecule has 1 aliphatic rings. The third kappa shape index (κ3) is 4.58. The smallest absolute Gasteiger partial charge is 0.188 e. The average molecular weight is 432 g/mol. The number of hydrogen-bond donors (Lipinski definition) is 1. The lowest BCUT2D eigenvalue weighted by Gasteiger charge is -2.32. The second kappa shape index (κ2) is 8.70. The molecule has 7 heteroatoms. The third-order valence-electron chi connectivity index (χ3n) is 5.59. The van der Waals surface area contributed by atoms with E-state index in [1.165, 1.54) is 15.8 Å². The van der Waals surface area contributed by atoms with E-state index in [9.17, 15) is 0 Å². The molecule has 1 aliphatic heterocycles. The SMILES string of the molecule is Cc1nc(Nc2cccc(C3CN(Cc4ccc5ncccc5c4)CCO3)n2)sc1C. The maximum atomic E-state index is 6.08. The number of aryl methyl sites for hydroxylation is 2. The van der Waals surface area contributed by atoms with Crippen LogP contribution in [0.2, 0.25) is 0 Å². The van der Waals surface area contributed by atoms with Crippen LogP contribution in [-0.2, 0) is 11.3 Å². The highest BCUT2D eigenvalue weighted by molar-refractivity contribution is 7.15.